The summed E-state index contributed by atoms with van der Waals surface area (Å²) in [6, 6.07) is 10.1. The lowest BCUT2D eigenvalue weighted by molar-refractivity contribution is -0.384. The highest BCUT2D eigenvalue weighted by Crippen LogP contribution is 2.16. The van der Waals surface area contributed by atoms with Crippen LogP contribution in [0.4, 0.5) is 5.69 Å². The molecule has 0 aliphatic heterocycles. The number of benzene rings is 1. The molecule has 9 heteroatoms. The van der Waals surface area contributed by atoms with Crippen LogP contribution in [-0.4, -0.2) is 24.8 Å². The smallest absolute Gasteiger partial charge is 0.269 e. The summed E-state index contributed by atoms with van der Waals surface area (Å²) in [7, 11) is 0. The van der Waals surface area contributed by atoms with E-state index < -0.39 is 4.92 Å². The van der Waals surface area contributed by atoms with Crippen molar-refractivity contribution in [3.63, 3.8) is 0 Å². The zero-order valence-electron chi connectivity index (χ0n) is 11.8. The van der Waals surface area contributed by atoms with Gasteiger partial charge >= 0.3 is 0 Å². The first kappa shape index (κ1) is 14.9. The summed E-state index contributed by atoms with van der Waals surface area (Å²) in [6.45, 7) is 0.369. The molecule has 0 amide bonds. The first-order valence-electron chi connectivity index (χ1n) is 6.70. The van der Waals surface area contributed by atoms with Gasteiger partial charge in [0.05, 0.1) is 11.5 Å². The largest absolute Gasteiger partial charge is 0.317 e. The van der Waals surface area contributed by atoms with E-state index in [0.717, 1.165) is 11.1 Å². The zero-order chi connectivity index (χ0) is 16.2. The third kappa shape index (κ3) is 3.24. The lowest BCUT2D eigenvalue weighted by Crippen LogP contribution is -2.16. The number of nitrogens with zero attached hydrogens (tertiary/aromatic N) is 4. The van der Waals surface area contributed by atoms with Gasteiger partial charge in [0, 0.05) is 30.1 Å². The number of rotatable bonds is 5. The molecule has 0 radical (unpaired) electrons. The van der Waals surface area contributed by atoms with Crippen molar-refractivity contribution < 1.29 is 4.92 Å². The number of hydrogen-bond acceptors (Lipinski definition) is 6. The molecule has 1 aromatic carbocycles. The second kappa shape index (κ2) is 6.36. The van der Waals surface area contributed by atoms with Crippen molar-refractivity contribution in [2.24, 2.45) is 0 Å². The molecule has 2 N–H and O–H groups in total. The quantitative estimate of drug-likeness (QED) is 0.424. The third-order valence-electron chi connectivity index (χ3n) is 3.17. The van der Waals surface area contributed by atoms with Crippen LogP contribution in [0.25, 0.3) is 11.4 Å². The standard InChI is InChI=1S/C14H12N6O2S/c21-20(22)12-3-1-2-10(8-12)9-16-19-13(17-18-14(19)23)11-4-6-15-7-5-11/h1-8,16H,9H2,(H,18,23). The van der Waals surface area contributed by atoms with E-state index in [2.05, 4.69) is 20.6 Å². The fourth-order valence-corrected chi connectivity index (χ4v) is 2.29. The maximum absolute atomic E-state index is 10.8. The second-order valence-corrected chi connectivity index (χ2v) is 5.07. The van der Waals surface area contributed by atoms with Crippen LogP contribution >= 0.6 is 12.2 Å². The average molecular weight is 328 g/mol. The molecule has 2 heterocycles. The van der Waals surface area contributed by atoms with Crippen LogP contribution in [0.3, 0.4) is 0 Å². The molecular weight excluding hydrogens is 316 g/mol. The number of nitro groups is 1. The predicted octanol–water partition coefficient (Wildman–Crippen LogP) is 2.65. The van der Waals surface area contributed by atoms with E-state index in [9.17, 15) is 10.1 Å². The maximum atomic E-state index is 10.8. The summed E-state index contributed by atoms with van der Waals surface area (Å²) in [5.74, 6) is 0.614. The van der Waals surface area contributed by atoms with E-state index in [-0.39, 0.29) is 5.69 Å². The zero-order valence-corrected chi connectivity index (χ0v) is 12.7. The lowest BCUT2D eigenvalue weighted by Gasteiger charge is -2.10. The summed E-state index contributed by atoms with van der Waals surface area (Å²) in [5, 5.41) is 17.7. The molecule has 23 heavy (non-hydrogen) atoms. The molecule has 0 saturated heterocycles. The molecule has 0 spiro atoms. The lowest BCUT2D eigenvalue weighted by atomic mass is 10.2. The van der Waals surface area contributed by atoms with E-state index in [1.165, 1.54) is 12.1 Å². The molecule has 0 saturated carbocycles. The van der Waals surface area contributed by atoms with Gasteiger partial charge in [-0.15, -0.1) is 0 Å². The fourth-order valence-electron chi connectivity index (χ4n) is 2.09. The van der Waals surface area contributed by atoms with Crippen LogP contribution in [0.1, 0.15) is 5.56 Å². The predicted molar refractivity (Wildman–Crippen MR) is 86.8 cm³/mol. The maximum Gasteiger partial charge on any atom is 0.269 e. The molecule has 0 aliphatic rings. The number of aromatic amines is 1. The van der Waals surface area contributed by atoms with E-state index >= 15 is 0 Å². The summed E-state index contributed by atoms with van der Waals surface area (Å²) >= 11 is 5.21. The van der Waals surface area contributed by atoms with E-state index in [0.29, 0.717) is 17.1 Å². The Kier molecular flexibility index (Phi) is 4.11. The fraction of sp³-hybridized carbons (Fsp3) is 0.0714. The molecule has 0 atom stereocenters. The summed E-state index contributed by atoms with van der Waals surface area (Å²) in [6.07, 6.45) is 3.33. The van der Waals surface area contributed by atoms with Crippen LogP contribution in [0.15, 0.2) is 48.8 Å². The molecule has 3 aromatic rings. The van der Waals surface area contributed by atoms with Crippen molar-refractivity contribution >= 4 is 17.9 Å². The van der Waals surface area contributed by atoms with Gasteiger partial charge < -0.3 is 5.43 Å². The molecule has 116 valence electrons. The van der Waals surface area contributed by atoms with Crippen molar-refractivity contribution in [2.75, 3.05) is 5.43 Å². The molecule has 8 nitrogen and oxygen atoms in total. The molecule has 0 unspecified atom stereocenters. The van der Waals surface area contributed by atoms with Gasteiger partial charge in [0.1, 0.15) is 0 Å². The van der Waals surface area contributed by atoms with Gasteiger partial charge in [-0.2, -0.15) is 5.10 Å². The molecule has 3 rings (SSSR count). The number of hydrogen-bond donors (Lipinski definition) is 2. The number of nitro benzene ring substituents is 1. The Morgan fingerprint density at radius 1 is 1.30 bits per heavy atom. The first-order chi connectivity index (χ1) is 11.1. The highest BCUT2D eigenvalue weighted by molar-refractivity contribution is 7.71. The Morgan fingerprint density at radius 2 is 2.09 bits per heavy atom. The molecule has 0 fully saturated rings. The third-order valence-corrected chi connectivity index (χ3v) is 3.45. The van der Waals surface area contributed by atoms with Gasteiger partial charge in [-0.05, 0) is 29.9 Å². The van der Waals surface area contributed by atoms with Gasteiger partial charge in [-0.1, -0.05) is 12.1 Å². The summed E-state index contributed by atoms with van der Waals surface area (Å²) in [5.41, 5.74) is 4.78. The van der Waals surface area contributed by atoms with E-state index in [1.807, 2.05) is 12.1 Å². The van der Waals surface area contributed by atoms with Gasteiger partial charge in [-0.25, -0.2) is 9.77 Å². The number of aromatic nitrogens is 4. The Balaban J connectivity index is 1.84. The molecule has 2 aromatic heterocycles. The highest BCUT2D eigenvalue weighted by Gasteiger charge is 2.09. The Hall–Kier alpha value is -3.07. The van der Waals surface area contributed by atoms with Crippen LogP contribution in [0.5, 0.6) is 0 Å². The minimum Gasteiger partial charge on any atom is -0.317 e. The highest BCUT2D eigenvalue weighted by atomic mass is 32.1. The Bertz CT molecular complexity index is 890. The van der Waals surface area contributed by atoms with Crippen molar-refractivity contribution in [3.05, 3.63) is 69.2 Å². The van der Waals surface area contributed by atoms with E-state index in [1.54, 1.807) is 29.2 Å². The number of pyridine rings is 1. The van der Waals surface area contributed by atoms with Crippen LogP contribution in [0.2, 0.25) is 0 Å². The van der Waals surface area contributed by atoms with Gasteiger partial charge in [0.2, 0.25) is 4.77 Å². The van der Waals surface area contributed by atoms with Crippen molar-refractivity contribution in [3.8, 4) is 11.4 Å². The number of H-pyrrole nitrogens is 1. The Labute approximate surface area is 135 Å². The summed E-state index contributed by atoms with van der Waals surface area (Å²) in [4.78, 5) is 14.4. The SMILES string of the molecule is O=[N+]([O-])c1cccc(CNn2c(-c3ccncc3)n[nH]c2=S)c1. The minimum absolute atomic E-state index is 0.0504. The topological polar surface area (TPSA) is 102 Å². The molecular formula is C14H12N6O2S. The summed E-state index contributed by atoms with van der Waals surface area (Å²) < 4.78 is 2.03. The number of nitrogens with one attached hydrogen (secondary N) is 2. The molecule has 0 aliphatic carbocycles. The Morgan fingerprint density at radius 3 is 2.83 bits per heavy atom. The minimum atomic E-state index is -0.421. The van der Waals surface area contributed by atoms with Crippen LogP contribution < -0.4 is 5.43 Å². The first-order valence-corrected chi connectivity index (χ1v) is 7.11. The van der Waals surface area contributed by atoms with Crippen molar-refractivity contribution in [1.82, 2.24) is 19.9 Å². The van der Waals surface area contributed by atoms with Crippen molar-refractivity contribution in [2.45, 2.75) is 6.54 Å². The van der Waals surface area contributed by atoms with Crippen LogP contribution in [-0.2, 0) is 6.54 Å². The molecule has 0 bridgehead atoms. The second-order valence-electron chi connectivity index (χ2n) is 4.69. The van der Waals surface area contributed by atoms with Crippen molar-refractivity contribution in [1.29, 1.82) is 0 Å². The van der Waals surface area contributed by atoms with Crippen LogP contribution in [0, 0.1) is 14.9 Å². The number of non-ortho nitro benzene ring substituents is 1. The van der Waals surface area contributed by atoms with E-state index in [4.69, 9.17) is 12.2 Å². The normalized spacial score (nSPS) is 10.4. The van der Waals surface area contributed by atoms with Gasteiger partial charge in [0.15, 0.2) is 5.82 Å². The van der Waals surface area contributed by atoms with Gasteiger partial charge in [0.25, 0.3) is 5.69 Å². The monoisotopic (exact) mass is 328 g/mol. The average Bonchev–Trinajstić information content (AvgIpc) is 2.95. The van der Waals surface area contributed by atoms with Gasteiger partial charge in [-0.3, -0.25) is 15.1 Å².